The number of Topliss-reactive ketones (excluding diaryl/α,β-unsaturated/α-hetero) is 1. The van der Waals surface area contributed by atoms with Crippen molar-refractivity contribution in [3.05, 3.63) is 29.3 Å². The van der Waals surface area contributed by atoms with E-state index in [9.17, 15) is 13.6 Å². The number of alkyl halides is 3. The van der Waals surface area contributed by atoms with E-state index in [0.717, 1.165) is 0 Å². The first-order valence-electron chi connectivity index (χ1n) is 5.08. The van der Waals surface area contributed by atoms with Crippen LogP contribution in [0.1, 0.15) is 22.8 Å². The van der Waals surface area contributed by atoms with Gasteiger partial charge in [0.1, 0.15) is 5.75 Å². The van der Waals surface area contributed by atoms with Gasteiger partial charge in [0, 0.05) is 5.56 Å². The highest BCUT2D eigenvalue weighted by atomic mass is 79.9. The fourth-order valence-electron chi connectivity index (χ4n) is 1.41. The molecule has 0 bridgehead atoms. The van der Waals surface area contributed by atoms with Gasteiger partial charge in [-0.1, -0.05) is 22.0 Å². The number of ketones is 1. The molecule has 1 atom stereocenters. The van der Waals surface area contributed by atoms with Crippen LogP contribution in [0.15, 0.2) is 18.2 Å². The van der Waals surface area contributed by atoms with Crippen LogP contribution >= 0.6 is 15.9 Å². The van der Waals surface area contributed by atoms with Crippen LogP contribution in [0.3, 0.4) is 0 Å². The summed E-state index contributed by atoms with van der Waals surface area (Å²) in [7, 11) is 0. The molecule has 96 valence electrons. The zero-order valence-corrected chi connectivity index (χ0v) is 11.1. The van der Waals surface area contributed by atoms with E-state index >= 15 is 0 Å². The van der Waals surface area contributed by atoms with E-state index in [2.05, 4.69) is 20.7 Å². The molecule has 0 spiro atoms. The average Bonchev–Trinajstić information content (AvgIpc) is 2.29. The van der Waals surface area contributed by atoms with Crippen molar-refractivity contribution < 1.29 is 18.3 Å². The van der Waals surface area contributed by atoms with E-state index in [1.807, 2.05) is 6.07 Å². The summed E-state index contributed by atoms with van der Waals surface area (Å²) < 4.78 is 28.4. The molecule has 0 N–H and O–H groups in total. The van der Waals surface area contributed by atoms with Gasteiger partial charge in [-0.3, -0.25) is 4.79 Å². The molecule has 1 aromatic rings. The molecule has 0 aliphatic heterocycles. The predicted molar refractivity (Wildman–Crippen MR) is 65.1 cm³/mol. The van der Waals surface area contributed by atoms with Crippen LogP contribution < -0.4 is 4.74 Å². The summed E-state index contributed by atoms with van der Waals surface area (Å²) in [6.45, 7) is -1.32. The van der Waals surface area contributed by atoms with E-state index in [4.69, 9.17) is 5.26 Å². The molecule has 0 fully saturated rings. The first-order chi connectivity index (χ1) is 8.45. The molecule has 6 heteroatoms. The summed E-state index contributed by atoms with van der Waals surface area (Å²) in [6, 6.07) is 5.92. The molecule has 0 radical (unpaired) electrons. The summed E-state index contributed by atoms with van der Waals surface area (Å²) in [5.41, 5.74) is 0.717. The molecule has 0 amide bonds. The summed E-state index contributed by atoms with van der Waals surface area (Å²) in [5, 5.41) is 8.65. The van der Waals surface area contributed by atoms with Crippen molar-refractivity contribution in [1.29, 1.82) is 5.26 Å². The summed E-state index contributed by atoms with van der Waals surface area (Å²) >= 11 is 3.12. The Kier molecular flexibility index (Phi) is 5.23. The van der Waals surface area contributed by atoms with Crippen LogP contribution in [0, 0.1) is 11.3 Å². The Morgan fingerprint density at radius 2 is 2.22 bits per heavy atom. The summed E-state index contributed by atoms with van der Waals surface area (Å²) in [6.07, 6.45) is 0.0375. The van der Waals surface area contributed by atoms with Gasteiger partial charge in [0.15, 0.2) is 5.78 Å². The summed E-state index contributed by atoms with van der Waals surface area (Å²) in [4.78, 5) is 11.4. The number of halogens is 3. The monoisotopic (exact) mass is 317 g/mol. The standard InChI is InChI=1S/C12H10BrF2NO2/c1-7(13)11(17)10-6-9(18-12(14)15)3-2-8(10)4-5-16/h2-3,6-7,12H,4H2,1H3. The fourth-order valence-corrected chi connectivity index (χ4v) is 1.66. The largest absolute Gasteiger partial charge is 0.435 e. The van der Waals surface area contributed by atoms with Gasteiger partial charge >= 0.3 is 6.61 Å². The zero-order valence-electron chi connectivity index (χ0n) is 9.49. The lowest BCUT2D eigenvalue weighted by molar-refractivity contribution is -0.0498. The van der Waals surface area contributed by atoms with Gasteiger partial charge in [-0.15, -0.1) is 0 Å². The molecule has 1 rings (SSSR count). The Morgan fingerprint density at radius 3 is 2.72 bits per heavy atom. The molecular formula is C12H10BrF2NO2. The van der Waals surface area contributed by atoms with Gasteiger partial charge in [0.25, 0.3) is 0 Å². The van der Waals surface area contributed by atoms with Crippen LogP contribution in [0.5, 0.6) is 5.75 Å². The first-order valence-corrected chi connectivity index (χ1v) is 6.00. The maximum atomic E-state index is 12.1. The Labute approximate surface area is 111 Å². The molecule has 3 nitrogen and oxygen atoms in total. The zero-order chi connectivity index (χ0) is 13.7. The number of carbonyl (C=O) groups is 1. The third-order valence-corrected chi connectivity index (χ3v) is 2.62. The SMILES string of the molecule is CC(Br)C(=O)c1cc(OC(F)F)ccc1CC#N. The minimum atomic E-state index is -2.95. The number of ether oxygens (including phenoxy) is 1. The average molecular weight is 318 g/mol. The molecule has 0 heterocycles. The third kappa shape index (κ3) is 3.77. The van der Waals surface area contributed by atoms with Crippen molar-refractivity contribution in [2.24, 2.45) is 0 Å². The first kappa shape index (κ1) is 14.6. The number of hydrogen-bond acceptors (Lipinski definition) is 3. The van der Waals surface area contributed by atoms with Gasteiger partial charge in [0.2, 0.25) is 0 Å². The lowest BCUT2D eigenvalue weighted by Crippen LogP contribution is -2.13. The number of nitriles is 1. The van der Waals surface area contributed by atoms with E-state index < -0.39 is 11.4 Å². The second-order valence-electron chi connectivity index (χ2n) is 3.51. The molecule has 1 unspecified atom stereocenters. The molecule has 0 saturated carbocycles. The van der Waals surface area contributed by atoms with Crippen molar-refractivity contribution >= 4 is 21.7 Å². The van der Waals surface area contributed by atoms with Crippen LogP contribution in [-0.4, -0.2) is 17.2 Å². The van der Waals surface area contributed by atoms with E-state index in [1.165, 1.54) is 18.2 Å². The normalized spacial score (nSPS) is 12.0. The maximum absolute atomic E-state index is 12.1. The highest BCUT2D eigenvalue weighted by Gasteiger charge is 2.17. The van der Waals surface area contributed by atoms with Gasteiger partial charge in [-0.2, -0.15) is 14.0 Å². The molecule has 0 aliphatic carbocycles. The topological polar surface area (TPSA) is 50.1 Å². The quantitative estimate of drug-likeness (QED) is 0.618. The van der Waals surface area contributed by atoms with E-state index in [-0.39, 0.29) is 23.5 Å². The van der Waals surface area contributed by atoms with Crippen LogP contribution in [0.4, 0.5) is 8.78 Å². The van der Waals surface area contributed by atoms with Crippen LogP contribution in [0.25, 0.3) is 0 Å². The van der Waals surface area contributed by atoms with Gasteiger partial charge in [-0.05, 0) is 24.6 Å². The van der Waals surface area contributed by atoms with Crippen molar-refractivity contribution in [2.75, 3.05) is 0 Å². The van der Waals surface area contributed by atoms with Crippen LogP contribution in [-0.2, 0) is 6.42 Å². The Hall–Kier alpha value is -1.48. The number of rotatable bonds is 5. The highest BCUT2D eigenvalue weighted by Crippen LogP contribution is 2.23. The fraction of sp³-hybridized carbons (Fsp3) is 0.333. The number of hydrogen-bond donors (Lipinski definition) is 0. The third-order valence-electron chi connectivity index (χ3n) is 2.20. The smallest absolute Gasteiger partial charge is 0.387 e. The lowest BCUT2D eigenvalue weighted by Gasteiger charge is -2.11. The molecule has 0 aromatic heterocycles. The Morgan fingerprint density at radius 1 is 1.56 bits per heavy atom. The van der Waals surface area contributed by atoms with E-state index in [1.54, 1.807) is 6.92 Å². The Bertz CT molecular complexity index is 483. The number of carbonyl (C=O) groups excluding carboxylic acids is 1. The highest BCUT2D eigenvalue weighted by molar-refractivity contribution is 9.10. The molecule has 1 aromatic carbocycles. The second kappa shape index (κ2) is 6.45. The van der Waals surface area contributed by atoms with E-state index in [0.29, 0.717) is 5.56 Å². The van der Waals surface area contributed by atoms with Crippen molar-refractivity contribution in [1.82, 2.24) is 0 Å². The second-order valence-corrected chi connectivity index (χ2v) is 4.89. The van der Waals surface area contributed by atoms with Gasteiger partial charge in [0.05, 0.1) is 17.3 Å². The maximum Gasteiger partial charge on any atom is 0.387 e. The van der Waals surface area contributed by atoms with Crippen molar-refractivity contribution in [3.8, 4) is 11.8 Å². The summed E-state index contributed by atoms with van der Waals surface area (Å²) in [5.74, 6) is -0.372. The van der Waals surface area contributed by atoms with Gasteiger partial charge in [-0.25, -0.2) is 0 Å². The minimum Gasteiger partial charge on any atom is -0.435 e. The van der Waals surface area contributed by atoms with Gasteiger partial charge < -0.3 is 4.74 Å². The molecule has 18 heavy (non-hydrogen) atoms. The predicted octanol–water partition coefficient (Wildman–Crippen LogP) is 3.32. The number of nitrogens with zero attached hydrogens (tertiary/aromatic N) is 1. The van der Waals surface area contributed by atoms with Crippen molar-refractivity contribution in [3.63, 3.8) is 0 Å². The number of benzene rings is 1. The molecule has 0 aliphatic rings. The molecular weight excluding hydrogens is 308 g/mol. The molecule has 0 saturated heterocycles. The minimum absolute atomic E-state index is 0.0375. The lowest BCUT2D eigenvalue weighted by atomic mass is 10.00. The van der Waals surface area contributed by atoms with Crippen LogP contribution in [0.2, 0.25) is 0 Å². The van der Waals surface area contributed by atoms with Crippen molar-refractivity contribution in [2.45, 2.75) is 24.8 Å². The Balaban J connectivity index is 3.16.